The Kier molecular flexibility index (Phi) is 7.10. The van der Waals surface area contributed by atoms with Crippen molar-refractivity contribution in [2.45, 2.75) is 51.0 Å². The second-order valence-electron chi connectivity index (χ2n) is 7.13. The van der Waals surface area contributed by atoms with Gasteiger partial charge in [0.2, 0.25) is 5.91 Å². The average Bonchev–Trinajstić information content (AvgIpc) is 2.61. The lowest BCUT2D eigenvalue weighted by molar-refractivity contribution is -0.120. The topological polar surface area (TPSA) is 108 Å². The van der Waals surface area contributed by atoms with Gasteiger partial charge in [-0.15, -0.1) is 0 Å². The van der Waals surface area contributed by atoms with Crippen molar-refractivity contribution in [2.75, 3.05) is 5.75 Å². The fourth-order valence-corrected chi connectivity index (χ4v) is 3.44. The summed E-state index contributed by atoms with van der Waals surface area (Å²) in [5.74, 6) is -0.435. The van der Waals surface area contributed by atoms with Gasteiger partial charge in [0.25, 0.3) is 5.56 Å². The van der Waals surface area contributed by atoms with Gasteiger partial charge < -0.3 is 10.4 Å². The number of hydrogen-bond donors (Lipinski definition) is 2. The number of carbonyl (C=O) groups is 1. The Hall–Kier alpha value is -2.08. The van der Waals surface area contributed by atoms with Crippen molar-refractivity contribution >= 4 is 40.2 Å². The van der Waals surface area contributed by atoms with Gasteiger partial charge in [-0.05, 0) is 38.0 Å². The summed E-state index contributed by atoms with van der Waals surface area (Å²) in [4.78, 5) is 29.6. The Morgan fingerprint density at radius 1 is 1.46 bits per heavy atom. The minimum atomic E-state index is -0.985. The van der Waals surface area contributed by atoms with Gasteiger partial charge in [-0.25, -0.2) is 4.98 Å². The van der Waals surface area contributed by atoms with E-state index in [1.54, 1.807) is 32.0 Å². The molecule has 0 aliphatic rings. The molecule has 2 N–H and O–H groups in total. The number of nitrogens with zero attached hydrogens (tertiary/aromatic N) is 3. The largest absolute Gasteiger partial charge is 0.392 e. The summed E-state index contributed by atoms with van der Waals surface area (Å²) < 4.78 is 1.35. The second-order valence-corrected chi connectivity index (χ2v) is 8.51. The minimum Gasteiger partial charge on any atom is -0.392 e. The highest BCUT2D eigenvalue weighted by atomic mass is 35.5. The number of aliphatic hydroxyl groups excluding tert-OH is 1. The first-order chi connectivity index (χ1) is 13.1. The molecule has 7 nitrogen and oxygen atoms in total. The van der Waals surface area contributed by atoms with Crippen LogP contribution in [0.25, 0.3) is 10.9 Å². The van der Waals surface area contributed by atoms with Crippen LogP contribution < -0.4 is 10.9 Å². The summed E-state index contributed by atoms with van der Waals surface area (Å²) in [5, 5.41) is 23.0. The summed E-state index contributed by atoms with van der Waals surface area (Å²) in [6.45, 7) is 6.99. The molecule has 0 aliphatic carbocycles. The number of amides is 1. The third-order valence-electron chi connectivity index (χ3n) is 4.45. The van der Waals surface area contributed by atoms with Crippen molar-refractivity contribution in [1.29, 1.82) is 5.26 Å². The molecule has 2 aromatic rings. The molecule has 1 aromatic heterocycles. The Morgan fingerprint density at radius 3 is 2.71 bits per heavy atom. The van der Waals surface area contributed by atoms with Crippen molar-refractivity contribution in [3.8, 4) is 6.07 Å². The average molecular weight is 423 g/mol. The van der Waals surface area contributed by atoms with Crippen LogP contribution in [0, 0.1) is 17.2 Å². The number of nitriles is 1. The molecule has 28 heavy (non-hydrogen) atoms. The summed E-state index contributed by atoms with van der Waals surface area (Å²) in [7, 11) is 0. The Balaban J connectivity index is 2.33. The maximum Gasteiger partial charge on any atom is 0.262 e. The number of benzene rings is 1. The van der Waals surface area contributed by atoms with E-state index in [1.807, 2.05) is 13.8 Å². The zero-order valence-electron chi connectivity index (χ0n) is 16.2. The van der Waals surface area contributed by atoms with Crippen molar-refractivity contribution in [2.24, 2.45) is 5.92 Å². The smallest absolute Gasteiger partial charge is 0.262 e. The zero-order chi connectivity index (χ0) is 21.1. The highest BCUT2D eigenvalue weighted by Crippen LogP contribution is 2.21. The number of carbonyl (C=O) groups excluding carboxylic acids is 1. The summed E-state index contributed by atoms with van der Waals surface area (Å²) in [6.07, 6.45) is -0.764. The normalized spacial score (nSPS) is 14.5. The molecule has 0 bridgehead atoms. The number of thioether (sulfide) groups is 1. The van der Waals surface area contributed by atoms with Crippen LogP contribution in [0.4, 0.5) is 0 Å². The first kappa shape index (κ1) is 22.2. The van der Waals surface area contributed by atoms with E-state index in [4.69, 9.17) is 11.6 Å². The van der Waals surface area contributed by atoms with Crippen molar-refractivity contribution in [1.82, 2.24) is 14.9 Å². The van der Waals surface area contributed by atoms with Gasteiger partial charge in [0.15, 0.2) is 5.16 Å². The fraction of sp³-hybridized carbons (Fsp3) is 0.474. The van der Waals surface area contributed by atoms with Gasteiger partial charge in [-0.2, -0.15) is 5.26 Å². The van der Waals surface area contributed by atoms with E-state index in [9.17, 15) is 20.0 Å². The molecule has 0 aliphatic heterocycles. The number of aromatic nitrogens is 2. The molecular weight excluding hydrogens is 400 g/mol. The molecule has 1 amide bonds. The lowest BCUT2D eigenvalue weighted by atomic mass is 9.90. The van der Waals surface area contributed by atoms with Crippen LogP contribution in [-0.4, -0.2) is 38.0 Å². The maximum absolute atomic E-state index is 12.8. The molecule has 0 unspecified atom stereocenters. The molecule has 0 radical (unpaired) electrons. The molecule has 1 heterocycles. The van der Waals surface area contributed by atoms with Gasteiger partial charge in [0.05, 0.1) is 35.4 Å². The van der Waals surface area contributed by atoms with E-state index >= 15 is 0 Å². The van der Waals surface area contributed by atoms with Crippen LogP contribution in [-0.2, 0) is 11.3 Å². The molecule has 0 spiro atoms. The van der Waals surface area contributed by atoms with E-state index in [0.29, 0.717) is 21.1 Å². The predicted molar refractivity (Wildman–Crippen MR) is 110 cm³/mol. The first-order valence-electron chi connectivity index (χ1n) is 8.80. The number of fused-ring (bicyclic) bond motifs is 1. The Bertz CT molecular complexity index is 984. The van der Waals surface area contributed by atoms with Crippen molar-refractivity contribution in [3.63, 3.8) is 0 Å². The van der Waals surface area contributed by atoms with E-state index in [0.717, 1.165) is 11.8 Å². The standard InChI is InChI=1S/C19H23ClN4O3S/c1-11(2)19(4,10-21)23-16(26)9-28-18-22-15-7-13(20)5-6-14(15)17(27)24(18)8-12(3)25/h5-7,11-12,25H,8-9H2,1-4H3,(H,23,26)/t12-,19+/m0/s1. The molecule has 0 saturated heterocycles. The fourth-order valence-electron chi connectivity index (χ4n) is 2.47. The molecule has 0 fully saturated rings. The lowest BCUT2D eigenvalue weighted by Crippen LogP contribution is -2.49. The predicted octanol–water partition coefficient (Wildman–Crippen LogP) is 2.58. The van der Waals surface area contributed by atoms with Crippen molar-refractivity contribution in [3.05, 3.63) is 33.6 Å². The summed E-state index contributed by atoms with van der Waals surface area (Å²) in [5.41, 5.74) is -0.873. The molecular formula is C19H23ClN4O3S. The number of aliphatic hydroxyl groups is 1. The Labute approximate surface area is 172 Å². The molecule has 150 valence electrons. The first-order valence-corrected chi connectivity index (χ1v) is 10.2. The molecule has 1 aromatic carbocycles. The third-order valence-corrected chi connectivity index (χ3v) is 5.66. The van der Waals surface area contributed by atoms with Gasteiger partial charge in [-0.3, -0.25) is 14.2 Å². The van der Waals surface area contributed by atoms with E-state index in [2.05, 4.69) is 16.4 Å². The Morgan fingerprint density at radius 2 is 2.14 bits per heavy atom. The van der Waals surface area contributed by atoms with E-state index in [1.165, 1.54) is 4.57 Å². The molecule has 2 atom stereocenters. The second kappa shape index (κ2) is 8.95. The van der Waals surface area contributed by atoms with Crippen LogP contribution in [0.15, 0.2) is 28.2 Å². The lowest BCUT2D eigenvalue weighted by Gasteiger charge is -2.27. The zero-order valence-corrected chi connectivity index (χ0v) is 17.8. The van der Waals surface area contributed by atoms with Gasteiger partial charge >= 0.3 is 0 Å². The van der Waals surface area contributed by atoms with Gasteiger partial charge in [-0.1, -0.05) is 37.2 Å². The van der Waals surface area contributed by atoms with Crippen LogP contribution in [0.5, 0.6) is 0 Å². The van der Waals surface area contributed by atoms with Crippen LogP contribution in [0.1, 0.15) is 27.7 Å². The molecule has 0 saturated carbocycles. The highest BCUT2D eigenvalue weighted by Gasteiger charge is 2.30. The summed E-state index contributed by atoms with van der Waals surface area (Å²) >= 11 is 7.07. The van der Waals surface area contributed by atoms with Crippen molar-refractivity contribution < 1.29 is 9.90 Å². The minimum absolute atomic E-state index is 0.0255. The van der Waals surface area contributed by atoms with Crippen LogP contribution in [0.2, 0.25) is 5.02 Å². The van der Waals surface area contributed by atoms with Gasteiger partial charge in [0.1, 0.15) is 5.54 Å². The number of nitrogens with one attached hydrogen (secondary N) is 1. The van der Waals surface area contributed by atoms with Crippen LogP contribution in [0.3, 0.4) is 0 Å². The highest BCUT2D eigenvalue weighted by molar-refractivity contribution is 7.99. The molecule has 9 heteroatoms. The third kappa shape index (κ3) is 5.04. The number of halogens is 1. The summed E-state index contributed by atoms with van der Waals surface area (Å²) in [6, 6.07) is 6.90. The number of hydrogen-bond acceptors (Lipinski definition) is 6. The quantitative estimate of drug-likeness (QED) is 0.524. The van der Waals surface area contributed by atoms with E-state index in [-0.39, 0.29) is 29.7 Å². The molecule has 2 rings (SSSR count). The SMILES string of the molecule is CC(C)[C@@](C)(C#N)NC(=O)CSc1nc2cc(Cl)ccc2c(=O)n1C[C@H](C)O. The van der Waals surface area contributed by atoms with Crippen LogP contribution >= 0.6 is 23.4 Å². The van der Waals surface area contributed by atoms with Gasteiger partial charge in [0, 0.05) is 5.02 Å². The maximum atomic E-state index is 12.8. The monoisotopic (exact) mass is 422 g/mol. The number of rotatable bonds is 7. The van der Waals surface area contributed by atoms with E-state index < -0.39 is 11.6 Å².